The van der Waals surface area contributed by atoms with Gasteiger partial charge in [0.15, 0.2) is 5.82 Å². The van der Waals surface area contributed by atoms with Gasteiger partial charge < -0.3 is 20.3 Å². The summed E-state index contributed by atoms with van der Waals surface area (Å²) >= 11 is 1.30. The predicted octanol–water partition coefficient (Wildman–Crippen LogP) is 4.16. The van der Waals surface area contributed by atoms with Gasteiger partial charge in [-0.15, -0.1) is 28.5 Å². The van der Waals surface area contributed by atoms with Gasteiger partial charge in [0, 0.05) is 43.9 Å². The Morgan fingerprint density at radius 1 is 1.03 bits per heavy atom. The minimum atomic E-state index is -4.73. The van der Waals surface area contributed by atoms with Crippen LogP contribution < -0.4 is 20.3 Å². The summed E-state index contributed by atoms with van der Waals surface area (Å²) in [5.74, 6) is 0.750. The smallest absolute Gasteiger partial charge is 0.405 e. The zero-order valence-electron chi connectivity index (χ0n) is 21.1. The lowest BCUT2D eigenvalue weighted by atomic mass is 9.93. The van der Waals surface area contributed by atoms with Gasteiger partial charge in [-0.2, -0.15) is 5.10 Å². The lowest BCUT2D eigenvalue weighted by Gasteiger charge is -2.32. The minimum Gasteiger partial charge on any atom is -0.405 e. The SMILES string of the molecule is O=C(CC1CCN(Cc2ccccc2OC(F)(F)F)CC1)Nc1nnc(N[C@@H]2CCN(c3cccnn3)C2)s1. The Morgan fingerprint density at radius 2 is 1.82 bits per heavy atom. The fourth-order valence-electron chi connectivity index (χ4n) is 4.94. The van der Waals surface area contributed by atoms with E-state index in [1.807, 2.05) is 12.1 Å². The van der Waals surface area contributed by atoms with E-state index >= 15 is 0 Å². The van der Waals surface area contributed by atoms with Crippen molar-refractivity contribution in [2.24, 2.45) is 5.92 Å². The molecule has 0 radical (unpaired) electrons. The molecule has 0 bridgehead atoms. The number of likely N-dealkylation sites (tertiary alicyclic amines) is 1. The van der Waals surface area contributed by atoms with Crippen LogP contribution in [0.5, 0.6) is 5.75 Å². The molecule has 2 aliphatic rings. The summed E-state index contributed by atoms with van der Waals surface area (Å²) in [6.45, 7) is 3.39. The monoisotopic (exact) mass is 562 g/mol. The van der Waals surface area contributed by atoms with Gasteiger partial charge in [0.1, 0.15) is 5.75 Å². The molecule has 0 saturated carbocycles. The molecule has 10 nitrogen and oxygen atoms in total. The average Bonchev–Trinajstić information content (AvgIpc) is 3.56. The van der Waals surface area contributed by atoms with Crippen molar-refractivity contribution in [1.29, 1.82) is 0 Å². The molecular weight excluding hydrogens is 533 g/mol. The molecule has 1 amide bonds. The molecule has 5 rings (SSSR count). The maximum atomic E-state index is 12.7. The van der Waals surface area contributed by atoms with Gasteiger partial charge in [-0.1, -0.05) is 29.5 Å². The molecule has 39 heavy (non-hydrogen) atoms. The summed E-state index contributed by atoms with van der Waals surface area (Å²) in [6.07, 6.45) is -0.227. The lowest BCUT2D eigenvalue weighted by Crippen LogP contribution is -2.34. The summed E-state index contributed by atoms with van der Waals surface area (Å²) in [7, 11) is 0. The number of amides is 1. The van der Waals surface area contributed by atoms with Crippen LogP contribution in [-0.2, 0) is 11.3 Å². The third-order valence-electron chi connectivity index (χ3n) is 6.84. The molecule has 4 heterocycles. The largest absolute Gasteiger partial charge is 0.573 e. The Morgan fingerprint density at radius 3 is 2.59 bits per heavy atom. The first kappa shape index (κ1) is 27.1. The number of hydrogen-bond donors (Lipinski definition) is 2. The van der Waals surface area contributed by atoms with Gasteiger partial charge in [-0.25, -0.2) is 0 Å². The van der Waals surface area contributed by atoms with Crippen LogP contribution in [0.25, 0.3) is 0 Å². The number of piperidine rings is 1. The van der Waals surface area contributed by atoms with E-state index in [1.54, 1.807) is 18.3 Å². The third kappa shape index (κ3) is 7.76. The molecule has 1 aromatic carbocycles. The number of rotatable bonds is 9. The van der Waals surface area contributed by atoms with Crippen LogP contribution in [-0.4, -0.2) is 69.8 Å². The van der Waals surface area contributed by atoms with Gasteiger partial charge in [0.05, 0.1) is 0 Å². The van der Waals surface area contributed by atoms with E-state index in [9.17, 15) is 18.0 Å². The quantitative estimate of drug-likeness (QED) is 0.398. The minimum absolute atomic E-state index is 0.116. The molecule has 2 aromatic heterocycles. The van der Waals surface area contributed by atoms with Crippen LogP contribution in [0.3, 0.4) is 0 Å². The van der Waals surface area contributed by atoms with Gasteiger partial charge in [-0.3, -0.25) is 9.69 Å². The number of halogens is 3. The third-order valence-corrected chi connectivity index (χ3v) is 7.61. The Balaban J connectivity index is 1.04. The number of ether oxygens (including phenoxy) is 1. The van der Waals surface area contributed by atoms with E-state index in [2.05, 4.69) is 45.6 Å². The first-order chi connectivity index (χ1) is 18.8. The number of alkyl halides is 3. The van der Waals surface area contributed by atoms with Gasteiger partial charge in [0.2, 0.25) is 16.2 Å². The van der Waals surface area contributed by atoms with Gasteiger partial charge in [0.25, 0.3) is 0 Å². The maximum Gasteiger partial charge on any atom is 0.573 e. The Bertz CT molecular complexity index is 1240. The average molecular weight is 563 g/mol. The molecule has 2 aliphatic heterocycles. The highest BCUT2D eigenvalue weighted by atomic mass is 32.1. The molecule has 14 heteroatoms. The molecule has 3 aromatic rings. The second-order valence-electron chi connectivity index (χ2n) is 9.70. The molecule has 2 saturated heterocycles. The second-order valence-corrected chi connectivity index (χ2v) is 10.7. The number of hydrogen-bond acceptors (Lipinski definition) is 10. The molecule has 2 fully saturated rings. The van der Waals surface area contributed by atoms with E-state index in [0.717, 1.165) is 38.2 Å². The van der Waals surface area contributed by atoms with E-state index in [1.165, 1.54) is 23.5 Å². The van der Waals surface area contributed by atoms with Crippen LogP contribution in [0.15, 0.2) is 42.6 Å². The zero-order valence-corrected chi connectivity index (χ0v) is 21.9. The van der Waals surface area contributed by atoms with Crippen molar-refractivity contribution in [3.8, 4) is 5.75 Å². The van der Waals surface area contributed by atoms with Crippen molar-refractivity contribution >= 4 is 33.3 Å². The summed E-state index contributed by atoms with van der Waals surface area (Å²) < 4.78 is 42.3. The molecule has 0 aliphatic carbocycles. The van der Waals surface area contributed by atoms with Crippen molar-refractivity contribution in [2.45, 2.75) is 44.6 Å². The fourth-order valence-corrected chi connectivity index (χ4v) is 5.67. The summed E-state index contributed by atoms with van der Waals surface area (Å²) in [5.41, 5.74) is 0.491. The number of aromatic nitrogens is 4. The summed E-state index contributed by atoms with van der Waals surface area (Å²) in [6, 6.07) is 10.2. The Kier molecular flexibility index (Phi) is 8.41. The number of nitrogens with zero attached hydrogens (tertiary/aromatic N) is 6. The number of anilines is 3. The van der Waals surface area contributed by atoms with E-state index < -0.39 is 6.36 Å². The van der Waals surface area contributed by atoms with Crippen molar-refractivity contribution in [1.82, 2.24) is 25.3 Å². The second kappa shape index (κ2) is 12.1. The molecule has 1 atom stereocenters. The molecule has 2 N–H and O–H groups in total. The maximum absolute atomic E-state index is 12.7. The van der Waals surface area contributed by atoms with Crippen LogP contribution in [0.1, 0.15) is 31.2 Å². The van der Waals surface area contributed by atoms with E-state index in [4.69, 9.17) is 0 Å². The number of para-hydroxylation sites is 1. The first-order valence-corrected chi connectivity index (χ1v) is 13.6. The van der Waals surface area contributed by atoms with Crippen LogP contribution in [0, 0.1) is 5.92 Å². The summed E-state index contributed by atoms with van der Waals surface area (Å²) in [5, 5.41) is 23.7. The highest BCUT2D eigenvalue weighted by Crippen LogP contribution is 2.30. The van der Waals surface area contributed by atoms with Crippen molar-refractivity contribution in [3.05, 3.63) is 48.2 Å². The predicted molar refractivity (Wildman–Crippen MR) is 141 cm³/mol. The molecular formula is C25H29F3N8O2S. The van der Waals surface area contributed by atoms with Crippen molar-refractivity contribution in [2.75, 3.05) is 41.7 Å². The number of carbonyl (C=O) groups is 1. The van der Waals surface area contributed by atoms with Crippen LogP contribution >= 0.6 is 11.3 Å². The lowest BCUT2D eigenvalue weighted by molar-refractivity contribution is -0.275. The summed E-state index contributed by atoms with van der Waals surface area (Å²) in [4.78, 5) is 16.9. The van der Waals surface area contributed by atoms with Crippen LogP contribution in [0.4, 0.5) is 29.3 Å². The van der Waals surface area contributed by atoms with E-state index in [-0.39, 0.29) is 23.6 Å². The Hall–Kier alpha value is -3.52. The highest BCUT2D eigenvalue weighted by molar-refractivity contribution is 7.19. The zero-order chi connectivity index (χ0) is 27.2. The van der Waals surface area contributed by atoms with Crippen LogP contribution in [0.2, 0.25) is 0 Å². The molecule has 208 valence electrons. The standard InChI is InChI=1S/C25H29F3N8O2S/c26-25(27,28)38-20-5-2-1-4-18(20)15-35-11-7-17(8-12-35)14-22(37)31-24-34-33-23(39-24)30-19-9-13-36(16-19)21-6-3-10-29-32-21/h1-6,10,17,19H,7-9,11-16H2,(H,30,33)(H,31,34,37)/t19-/m1/s1. The number of benzene rings is 1. The topological polar surface area (TPSA) is 108 Å². The number of nitrogens with one attached hydrogen (secondary N) is 2. The Labute approximate surface area is 227 Å². The molecule has 0 spiro atoms. The van der Waals surface area contributed by atoms with E-state index in [0.29, 0.717) is 41.9 Å². The molecule has 0 unspecified atom stereocenters. The van der Waals surface area contributed by atoms with Gasteiger partial charge in [-0.05, 0) is 56.5 Å². The number of carbonyl (C=O) groups excluding carboxylic acids is 1. The first-order valence-electron chi connectivity index (χ1n) is 12.8. The van der Waals surface area contributed by atoms with Gasteiger partial charge >= 0.3 is 6.36 Å². The normalized spacial score (nSPS) is 18.7. The van der Waals surface area contributed by atoms with Crippen molar-refractivity contribution in [3.63, 3.8) is 0 Å². The fraction of sp³-hybridized carbons (Fsp3) is 0.480. The highest BCUT2D eigenvalue weighted by Gasteiger charge is 2.32. The van der Waals surface area contributed by atoms with Crippen molar-refractivity contribution < 1.29 is 22.7 Å².